The Kier molecular flexibility index (Phi) is 4.22. The van der Waals surface area contributed by atoms with E-state index in [2.05, 4.69) is 6.92 Å². The number of hydrogen-bond acceptors (Lipinski definition) is 4. The van der Waals surface area contributed by atoms with Crippen molar-refractivity contribution in [3.63, 3.8) is 0 Å². The molecule has 1 heterocycles. The summed E-state index contributed by atoms with van der Waals surface area (Å²) >= 11 is 0. The van der Waals surface area contributed by atoms with E-state index in [0.29, 0.717) is 25.2 Å². The first-order chi connectivity index (χ1) is 8.58. The topological polar surface area (TPSA) is 76.1 Å². The van der Waals surface area contributed by atoms with Crippen molar-refractivity contribution < 1.29 is 24.2 Å². The van der Waals surface area contributed by atoms with E-state index in [4.69, 9.17) is 14.6 Å². The molecule has 4 atom stereocenters. The average molecular weight is 256 g/mol. The average Bonchev–Trinajstić information content (AvgIpc) is 3.09. The van der Waals surface area contributed by atoms with Crippen LogP contribution < -0.4 is 0 Å². The third-order valence-electron chi connectivity index (χ3n) is 3.70. The quantitative estimate of drug-likeness (QED) is 0.445. The monoisotopic (exact) mass is 256 g/mol. The molecule has 102 valence electrons. The standard InChI is InChI=1S/C13H20O5/c1-8-6-7-9(13-12(8)18-13)17-11(16)5-3-2-4-10(14)15/h8-9,12-13H,2-7H2,1H3,(H,14,15). The van der Waals surface area contributed by atoms with Crippen molar-refractivity contribution in [1.29, 1.82) is 0 Å². The molecule has 2 fully saturated rings. The largest absolute Gasteiger partial charge is 0.481 e. The number of hydrogen-bond donors (Lipinski definition) is 1. The van der Waals surface area contributed by atoms with Gasteiger partial charge in [0.15, 0.2) is 0 Å². The van der Waals surface area contributed by atoms with Gasteiger partial charge < -0.3 is 14.6 Å². The van der Waals surface area contributed by atoms with Gasteiger partial charge in [0.25, 0.3) is 0 Å². The first-order valence-corrected chi connectivity index (χ1v) is 6.64. The van der Waals surface area contributed by atoms with Gasteiger partial charge in [0.1, 0.15) is 12.2 Å². The van der Waals surface area contributed by atoms with E-state index in [1.165, 1.54) is 0 Å². The highest BCUT2D eigenvalue weighted by Crippen LogP contribution is 2.41. The van der Waals surface area contributed by atoms with E-state index in [1.807, 2.05) is 0 Å². The van der Waals surface area contributed by atoms with Crippen LogP contribution in [0.1, 0.15) is 45.4 Å². The summed E-state index contributed by atoms with van der Waals surface area (Å²) in [6.45, 7) is 2.16. The first kappa shape index (κ1) is 13.3. The van der Waals surface area contributed by atoms with E-state index >= 15 is 0 Å². The lowest BCUT2D eigenvalue weighted by molar-refractivity contribution is -0.151. The van der Waals surface area contributed by atoms with Crippen LogP contribution in [0.4, 0.5) is 0 Å². The molecule has 0 aromatic heterocycles. The lowest BCUT2D eigenvalue weighted by Gasteiger charge is -2.22. The number of carbonyl (C=O) groups excluding carboxylic acids is 1. The number of ether oxygens (including phenoxy) is 2. The minimum atomic E-state index is -0.821. The third kappa shape index (κ3) is 3.45. The molecule has 18 heavy (non-hydrogen) atoms. The molecule has 0 spiro atoms. The number of rotatable bonds is 6. The number of fused-ring (bicyclic) bond motifs is 1. The maximum atomic E-state index is 11.6. The van der Waals surface area contributed by atoms with E-state index in [0.717, 1.165) is 12.8 Å². The van der Waals surface area contributed by atoms with Crippen LogP contribution in [-0.4, -0.2) is 35.4 Å². The molecule has 1 aliphatic heterocycles. The number of epoxide rings is 1. The Labute approximate surface area is 106 Å². The molecule has 1 saturated carbocycles. The number of aliphatic carboxylic acids is 1. The first-order valence-electron chi connectivity index (χ1n) is 6.64. The molecule has 0 bridgehead atoms. The van der Waals surface area contributed by atoms with Gasteiger partial charge in [0.2, 0.25) is 0 Å². The Hall–Kier alpha value is -1.10. The van der Waals surface area contributed by atoms with Crippen LogP contribution >= 0.6 is 0 Å². The predicted octanol–water partition coefficient (Wildman–Crippen LogP) is 1.74. The molecule has 0 radical (unpaired) electrons. The van der Waals surface area contributed by atoms with Crippen LogP contribution in [0.5, 0.6) is 0 Å². The van der Waals surface area contributed by atoms with Crippen LogP contribution in [0.3, 0.4) is 0 Å². The molecule has 1 aliphatic carbocycles. The molecule has 0 aromatic rings. The van der Waals surface area contributed by atoms with Gasteiger partial charge in [-0.2, -0.15) is 0 Å². The van der Waals surface area contributed by atoms with Gasteiger partial charge >= 0.3 is 11.9 Å². The van der Waals surface area contributed by atoms with Gasteiger partial charge in [-0.3, -0.25) is 9.59 Å². The number of carboxylic acids is 1. The van der Waals surface area contributed by atoms with Crippen molar-refractivity contribution in [2.75, 3.05) is 0 Å². The van der Waals surface area contributed by atoms with Crippen LogP contribution in [0.2, 0.25) is 0 Å². The van der Waals surface area contributed by atoms with Gasteiger partial charge in [-0.25, -0.2) is 0 Å². The van der Waals surface area contributed by atoms with Gasteiger partial charge in [0.05, 0.1) is 6.10 Å². The Morgan fingerprint density at radius 3 is 2.67 bits per heavy atom. The van der Waals surface area contributed by atoms with E-state index in [-0.39, 0.29) is 30.7 Å². The Balaban J connectivity index is 1.61. The summed E-state index contributed by atoms with van der Waals surface area (Å²) in [5.41, 5.74) is 0. The lowest BCUT2D eigenvalue weighted by Crippen LogP contribution is -2.31. The van der Waals surface area contributed by atoms with Crippen molar-refractivity contribution >= 4 is 11.9 Å². The molecule has 0 aromatic carbocycles. The van der Waals surface area contributed by atoms with Crippen molar-refractivity contribution in [2.45, 2.75) is 63.8 Å². The van der Waals surface area contributed by atoms with Crippen LogP contribution in [-0.2, 0) is 19.1 Å². The highest BCUT2D eigenvalue weighted by molar-refractivity contribution is 5.70. The van der Waals surface area contributed by atoms with E-state index in [9.17, 15) is 9.59 Å². The summed E-state index contributed by atoms with van der Waals surface area (Å²) in [4.78, 5) is 21.9. The van der Waals surface area contributed by atoms with Gasteiger partial charge in [0, 0.05) is 12.8 Å². The normalized spacial score (nSPS) is 33.6. The van der Waals surface area contributed by atoms with Crippen LogP contribution in [0, 0.1) is 5.92 Å². The maximum absolute atomic E-state index is 11.6. The van der Waals surface area contributed by atoms with E-state index in [1.54, 1.807) is 0 Å². The minimum absolute atomic E-state index is 0.0850. The summed E-state index contributed by atoms with van der Waals surface area (Å²) in [6, 6.07) is 0. The van der Waals surface area contributed by atoms with Crippen molar-refractivity contribution in [3.8, 4) is 0 Å². The second-order valence-electron chi connectivity index (χ2n) is 5.25. The third-order valence-corrected chi connectivity index (χ3v) is 3.70. The number of unbranched alkanes of at least 4 members (excludes halogenated alkanes) is 1. The number of carboxylic acid groups (broad SMARTS) is 1. The predicted molar refractivity (Wildman–Crippen MR) is 63.0 cm³/mol. The highest BCUT2D eigenvalue weighted by Gasteiger charge is 2.52. The van der Waals surface area contributed by atoms with Crippen molar-refractivity contribution in [3.05, 3.63) is 0 Å². The van der Waals surface area contributed by atoms with Crippen molar-refractivity contribution in [1.82, 2.24) is 0 Å². The molecule has 2 rings (SSSR count). The van der Waals surface area contributed by atoms with Gasteiger partial charge in [-0.15, -0.1) is 0 Å². The number of carbonyl (C=O) groups is 2. The molecule has 2 aliphatic rings. The smallest absolute Gasteiger partial charge is 0.306 e. The van der Waals surface area contributed by atoms with Crippen LogP contribution in [0.25, 0.3) is 0 Å². The molecule has 0 amide bonds. The zero-order chi connectivity index (χ0) is 13.1. The summed E-state index contributed by atoms with van der Waals surface area (Å²) in [5, 5.41) is 8.47. The molecular formula is C13H20O5. The fourth-order valence-corrected chi connectivity index (χ4v) is 2.55. The summed E-state index contributed by atoms with van der Waals surface area (Å²) < 4.78 is 10.9. The molecule has 1 saturated heterocycles. The number of esters is 1. The Morgan fingerprint density at radius 2 is 1.94 bits per heavy atom. The Bertz CT molecular complexity index is 327. The highest BCUT2D eigenvalue weighted by atomic mass is 16.6. The lowest BCUT2D eigenvalue weighted by atomic mass is 9.89. The maximum Gasteiger partial charge on any atom is 0.306 e. The zero-order valence-electron chi connectivity index (χ0n) is 10.6. The summed E-state index contributed by atoms with van der Waals surface area (Å²) in [6.07, 6.45) is 3.73. The van der Waals surface area contributed by atoms with E-state index < -0.39 is 5.97 Å². The van der Waals surface area contributed by atoms with Gasteiger partial charge in [-0.1, -0.05) is 6.92 Å². The fraction of sp³-hybridized carbons (Fsp3) is 0.846. The second-order valence-corrected chi connectivity index (χ2v) is 5.25. The zero-order valence-corrected chi connectivity index (χ0v) is 10.6. The van der Waals surface area contributed by atoms with Gasteiger partial charge in [-0.05, 0) is 31.6 Å². The molecule has 1 N–H and O–H groups in total. The Morgan fingerprint density at radius 1 is 1.22 bits per heavy atom. The van der Waals surface area contributed by atoms with Crippen LogP contribution in [0.15, 0.2) is 0 Å². The molecule has 5 heteroatoms. The minimum Gasteiger partial charge on any atom is -0.481 e. The molecule has 5 nitrogen and oxygen atoms in total. The molecular weight excluding hydrogens is 236 g/mol. The fourth-order valence-electron chi connectivity index (χ4n) is 2.55. The summed E-state index contributed by atoms with van der Waals surface area (Å²) in [7, 11) is 0. The second kappa shape index (κ2) is 5.69. The SMILES string of the molecule is CC1CCC(OC(=O)CCCCC(=O)O)C2OC12. The molecule has 4 unspecified atom stereocenters. The summed E-state index contributed by atoms with van der Waals surface area (Å²) in [5.74, 6) is -0.478. The van der Waals surface area contributed by atoms with Crippen molar-refractivity contribution in [2.24, 2.45) is 5.92 Å².